The molecule has 0 bridgehead atoms. The van der Waals surface area contributed by atoms with Crippen molar-refractivity contribution in [3.05, 3.63) is 29.8 Å². The van der Waals surface area contributed by atoms with Crippen LogP contribution >= 0.6 is 11.6 Å². The Bertz CT molecular complexity index is 606. The van der Waals surface area contributed by atoms with Crippen molar-refractivity contribution in [1.82, 2.24) is 4.72 Å². The molecule has 18 heavy (non-hydrogen) atoms. The van der Waals surface area contributed by atoms with Crippen LogP contribution < -0.4 is 4.72 Å². The minimum Gasteiger partial charge on any atom is -0.267 e. The van der Waals surface area contributed by atoms with Crippen molar-refractivity contribution < 1.29 is 8.42 Å². The third kappa shape index (κ3) is 2.01. The van der Waals surface area contributed by atoms with E-state index >= 15 is 0 Å². The smallest absolute Gasteiger partial charge is 0.263 e. The number of halogens is 1. The standard InChI is InChI=1S/C12H13ClN2O2S/c13-9-5-8(6-9)7-14-12-10-3-1-2-4-11(10)18(16,17)15-12/h1-4,8-9H,5-7H2,(H,14,15). The topological polar surface area (TPSA) is 58.5 Å². The summed E-state index contributed by atoms with van der Waals surface area (Å²) in [7, 11) is -3.41. The number of amidine groups is 1. The average Bonchev–Trinajstić information content (AvgIpc) is 2.56. The maximum Gasteiger partial charge on any atom is 0.263 e. The predicted octanol–water partition coefficient (Wildman–Crippen LogP) is 1.74. The number of aliphatic imine (C=N–C) groups is 1. The maximum atomic E-state index is 11.8. The second-order valence-electron chi connectivity index (χ2n) is 4.73. The zero-order valence-corrected chi connectivity index (χ0v) is 11.2. The van der Waals surface area contributed by atoms with E-state index in [4.69, 9.17) is 11.6 Å². The van der Waals surface area contributed by atoms with Crippen molar-refractivity contribution in [1.29, 1.82) is 0 Å². The van der Waals surface area contributed by atoms with Crippen LogP contribution in [0.5, 0.6) is 0 Å². The molecule has 1 N–H and O–H groups in total. The van der Waals surface area contributed by atoms with Gasteiger partial charge < -0.3 is 0 Å². The van der Waals surface area contributed by atoms with E-state index < -0.39 is 10.0 Å². The van der Waals surface area contributed by atoms with Gasteiger partial charge in [0.1, 0.15) is 5.84 Å². The van der Waals surface area contributed by atoms with Gasteiger partial charge in [0.25, 0.3) is 10.0 Å². The fourth-order valence-electron chi connectivity index (χ4n) is 2.28. The van der Waals surface area contributed by atoms with E-state index in [0.29, 0.717) is 28.8 Å². The molecule has 0 radical (unpaired) electrons. The Balaban J connectivity index is 1.85. The number of fused-ring (bicyclic) bond motifs is 1. The van der Waals surface area contributed by atoms with E-state index in [2.05, 4.69) is 9.71 Å². The van der Waals surface area contributed by atoms with E-state index in [-0.39, 0.29) is 5.38 Å². The fourth-order valence-corrected chi connectivity index (χ4v) is 4.03. The normalized spacial score (nSPS) is 30.6. The number of nitrogens with one attached hydrogen (secondary N) is 1. The first-order valence-corrected chi connectivity index (χ1v) is 7.79. The van der Waals surface area contributed by atoms with Gasteiger partial charge in [-0.1, -0.05) is 12.1 Å². The SMILES string of the molecule is O=S1(=O)NC(=NCC2CC(Cl)C2)c2ccccc21. The number of hydrogen-bond acceptors (Lipinski definition) is 3. The number of rotatable bonds is 2. The Morgan fingerprint density at radius 3 is 2.78 bits per heavy atom. The lowest BCUT2D eigenvalue weighted by atomic mass is 9.85. The molecule has 1 fully saturated rings. The average molecular weight is 285 g/mol. The van der Waals surface area contributed by atoms with Gasteiger partial charge in [0.2, 0.25) is 0 Å². The fraction of sp³-hybridized carbons (Fsp3) is 0.417. The van der Waals surface area contributed by atoms with Crippen LogP contribution in [0.25, 0.3) is 0 Å². The van der Waals surface area contributed by atoms with Crippen LogP contribution in [-0.4, -0.2) is 26.2 Å². The summed E-state index contributed by atoms with van der Waals surface area (Å²) >= 11 is 5.91. The molecule has 4 nitrogen and oxygen atoms in total. The summed E-state index contributed by atoms with van der Waals surface area (Å²) in [6, 6.07) is 6.90. The van der Waals surface area contributed by atoms with Crippen LogP contribution in [0.1, 0.15) is 18.4 Å². The maximum absolute atomic E-state index is 11.8. The summed E-state index contributed by atoms with van der Waals surface area (Å²) in [5, 5.41) is 0.266. The molecular weight excluding hydrogens is 272 g/mol. The Labute approximate surface area is 111 Å². The lowest BCUT2D eigenvalue weighted by molar-refractivity contribution is 0.334. The largest absolute Gasteiger partial charge is 0.267 e. The summed E-state index contributed by atoms with van der Waals surface area (Å²) in [6.07, 6.45) is 1.93. The minimum atomic E-state index is -3.41. The van der Waals surface area contributed by atoms with E-state index in [9.17, 15) is 8.42 Å². The predicted molar refractivity (Wildman–Crippen MR) is 70.5 cm³/mol. The lowest BCUT2D eigenvalue weighted by Crippen LogP contribution is -2.28. The van der Waals surface area contributed by atoms with E-state index in [1.54, 1.807) is 18.2 Å². The molecule has 0 saturated heterocycles. The summed E-state index contributed by atoms with van der Waals surface area (Å²) in [5.74, 6) is 0.945. The molecule has 1 aliphatic carbocycles. The van der Waals surface area contributed by atoms with Crippen molar-refractivity contribution in [2.45, 2.75) is 23.1 Å². The van der Waals surface area contributed by atoms with Gasteiger partial charge in [-0.2, -0.15) is 0 Å². The van der Waals surface area contributed by atoms with Crippen LogP contribution in [-0.2, 0) is 10.0 Å². The van der Waals surface area contributed by atoms with Crippen LogP contribution in [0.4, 0.5) is 0 Å². The van der Waals surface area contributed by atoms with Crippen LogP contribution in [0, 0.1) is 5.92 Å². The molecule has 0 aromatic heterocycles. The van der Waals surface area contributed by atoms with Crippen molar-refractivity contribution in [2.24, 2.45) is 10.9 Å². The molecule has 6 heteroatoms. The van der Waals surface area contributed by atoms with E-state index in [1.807, 2.05) is 6.07 Å². The third-order valence-electron chi connectivity index (χ3n) is 3.35. The first kappa shape index (κ1) is 12.0. The Morgan fingerprint density at radius 2 is 2.06 bits per heavy atom. The highest BCUT2D eigenvalue weighted by Gasteiger charge is 2.31. The Hall–Kier alpha value is -1.07. The zero-order chi connectivity index (χ0) is 12.8. The molecule has 1 aromatic carbocycles. The molecule has 0 unspecified atom stereocenters. The highest BCUT2D eigenvalue weighted by atomic mass is 35.5. The Morgan fingerprint density at radius 1 is 1.33 bits per heavy atom. The molecule has 1 aromatic rings. The monoisotopic (exact) mass is 284 g/mol. The first-order chi connectivity index (χ1) is 8.56. The van der Waals surface area contributed by atoms with Crippen LogP contribution in [0.3, 0.4) is 0 Å². The van der Waals surface area contributed by atoms with Gasteiger partial charge in [0.05, 0.1) is 4.90 Å². The summed E-state index contributed by atoms with van der Waals surface area (Å²) in [5.41, 5.74) is 0.666. The van der Waals surface area contributed by atoms with Gasteiger partial charge >= 0.3 is 0 Å². The summed E-state index contributed by atoms with van der Waals surface area (Å²) in [6.45, 7) is 0.634. The van der Waals surface area contributed by atoms with E-state index in [1.165, 1.54) is 0 Å². The van der Waals surface area contributed by atoms with Crippen molar-refractivity contribution in [3.8, 4) is 0 Å². The van der Waals surface area contributed by atoms with Crippen molar-refractivity contribution in [3.63, 3.8) is 0 Å². The lowest BCUT2D eigenvalue weighted by Gasteiger charge is -2.29. The molecule has 0 spiro atoms. The minimum absolute atomic E-state index is 0.266. The molecule has 0 amide bonds. The molecule has 1 aliphatic heterocycles. The second-order valence-corrected chi connectivity index (χ2v) is 6.99. The molecule has 0 atom stereocenters. The van der Waals surface area contributed by atoms with Gasteiger partial charge in [-0.25, -0.2) is 8.42 Å². The number of sulfonamides is 1. The highest BCUT2D eigenvalue weighted by Crippen LogP contribution is 2.32. The van der Waals surface area contributed by atoms with Gasteiger partial charge in [0, 0.05) is 17.5 Å². The molecule has 96 valence electrons. The Kier molecular flexibility index (Phi) is 2.83. The second kappa shape index (κ2) is 4.24. The highest BCUT2D eigenvalue weighted by molar-refractivity contribution is 7.90. The van der Waals surface area contributed by atoms with Crippen LogP contribution in [0.15, 0.2) is 34.2 Å². The van der Waals surface area contributed by atoms with Gasteiger partial charge in [-0.3, -0.25) is 9.71 Å². The van der Waals surface area contributed by atoms with Gasteiger partial charge in [-0.05, 0) is 30.9 Å². The summed E-state index contributed by atoms with van der Waals surface area (Å²) in [4.78, 5) is 4.70. The molecule has 1 saturated carbocycles. The number of hydrogen-bond donors (Lipinski definition) is 1. The van der Waals surface area contributed by atoms with E-state index in [0.717, 1.165) is 12.8 Å². The number of benzene rings is 1. The molecule has 2 aliphatic rings. The third-order valence-corrected chi connectivity index (χ3v) is 5.10. The first-order valence-electron chi connectivity index (χ1n) is 5.87. The zero-order valence-electron chi connectivity index (χ0n) is 9.64. The molecular formula is C12H13ClN2O2S. The molecule has 3 rings (SSSR count). The number of nitrogens with zero attached hydrogens (tertiary/aromatic N) is 1. The van der Waals surface area contributed by atoms with Crippen LogP contribution in [0.2, 0.25) is 0 Å². The quantitative estimate of drug-likeness (QED) is 0.841. The molecule has 1 heterocycles. The van der Waals surface area contributed by atoms with Crippen molar-refractivity contribution in [2.75, 3.05) is 6.54 Å². The number of alkyl halides is 1. The van der Waals surface area contributed by atoms with Gasteiger partial charge in [0.15, 0.2) is 0 Å². The van der Waals surface area contributed by atoms with Crippen molar-refractivity contribution >= 4 is 27.5 Å². The van der Waals surface area contributed by atoms with Gasteiger partial charge in [-0.15, -0.1) is 11.6 Å². The summed E-state index contributed by atoms with van der Waals surface area (Å²) < 4.78 is 26.2.